The SMILES string of the molecule is CCOC(=O)C1C(C)=Nc2ncnn2C1c1ccc(N(C)C)cc1. The van der Waals surface area contributed by atoms with E-state index in [1.165, 1.54) is 6.33 Å². The van der Waals surface area contributed by atoms with Crippen LogP contribution in [0.5, 0.6) is 0 Å². The van der Waals surface area contributed by atoms with Gasteiger partial charge in [-0.2, -0.15) is 10.1 Å². The molecule has 126 valence electrons. The molecule has 0 saturated heterocycles. The molecule has 0 N–H and O–H groups in total. The summed E-state index contributed by atoms with van der Waals surface area (Å²) in [6, 6.07) is 7.76. The van der Waals surface area contributed by atoms with Gasteiger partial charge in [0, 0.05) is 25.5 Å². The number of anilines is 1. The van der Waals surface area contributed by atoms with E-state index in [1.54, 1.807) is 11.6 Å². The minimum absolute atomic E-state index is 0.290. The van der Waals surface area contributed by atoms with Gasteiger partial charge in [0.05, 0.1) is 12.6 Å². The summed E-state index contributed by atoms with van der Waals surface area (Å²) < 4.78 is 6.96. The van der Waals surface area contributed by atoms with Crippen LogP contribution in [0.4, 0.5) is 11.6 Å². The van der Waals surface area contributed by atoms with E-state index in [2.05, 4.69) is 15.1 Å². The molecule has 0 amide bonds. The molecule has 0 fully saturated rings. The first-order chi connectivity index (χ1) is 11.5. The molecule has 1 aromatic heterocycles. The number of fused-ring (bicyclic) bond motifs is 1. The summed E-state index contributed by atoms with van der Waals surface area (Å²) in [7, 11) is 3.98. The molecule has 2 atom stereocenters. The Morgan fingerprint density at radius 3 is 2.62 bits per heavy atom. The standard InChI is InChI=1S/C17H21N5O2/c1-5-24-16(23)14-11(2)20-17-18-10-19-22(17)15(14)12-6-8-13(9-7-12)21(3)4/h6-10,14-15H,5H2,1-4H3. The second-order valence-electron chi connectivity index (χ2n) is 5.92. The number of ether oxygens (including phenoxy) is 1. The van der Waals surface area contributed by atoms with Crippen molar-refractivity contribution in [2.45, 2.75) is 19.9 Å². The molecule has 0 bridgehead atoms. The molecule has 7 heteroatoms. The summed E-state index contributed by atoms with van der Waals surface area (Å²) in [5, 5.41) is 4.28. The van der Waals surface area contributed by atoms with Crippen LogP contribution >= 0.6 is 0 Å². The maximum atomic E-state index is 12.5. The molecule has 2 heterocycles. The van der Waals surface area contributed by atoms with E-state index in [4.69, 9.17) is 4.74 Å². The van der Waals surface area contributed by atoms with E-state index in [0.717, 1.165) is 11.3 Å². The summed E-state index contributed by atoms with van der Waals surface area (Å²) in [6.45, 7) is 3.97. The van der Waals surface area contributed by atoms with Gasteiger partial charge in [0.25, 0.3) is 0 Å². The maximum absolute atomic E-state index is 12.5. The Hall–Kier alpha value is -2.70. The van der Waals surface area contributed by atoms with Gasteiger partial charge in [-0.3, -0.25) is 4.79 Å². The van der Waals surface area contributed by atoms with E-state index in [1.807, 2.05) is 50.2 Å². The van der Waals surface area contributed by atoms with Gasteiger partial charge in [-0.05, 0) is 31.5 Å². The minimum Gasteiger partial charge on any atom is -0.465 e. The highest BCUT2D eigenvalue weighted by Gasteiger charge is 2.39. The van der Waals surface area contributed by atoms with Crippen LogP contribution in [-0.2, 0) is 9.53 Å². The lowest BCUT2D eigenvalue weighted by atomic mass is 9.88. The zero-order valence-electron chi connectivity index (χ0n) is 14.3. The lowest BCUT2D eigenvalue weighted by Gasteiger charge is -2.30. The Labute approximate surface area is 141 Å². The fourth-order valence-electron chi connectivity index (χ4n) is 2.95. The molecule has 1 aliphatic heterocycles. The van der Waals surface area contributed by atoms with Crippen molar-refractivity contribution in [3.63, 3.8) is 0 Å². The highest BCUT2D eigenvalue weighted by molar-refractivity contribution is 6.03. The first-order valence-electron chi connectivity index (χ1n) is 7.91. The number of carbonyl (C=O) groups excluding carboxylic acids is 1. The predicted molar refractivity (Wildman–Crippen MR) is 91.8 cm³/mol. The van der Waals surface area contributed by atoms with Crippen LogP contribution in [0.15, 0.2) is 35.6 Å². The maximum Gasteiger partial charge on any atom is 0.317 e. The molecule has 0 radical (unpaired) electrons. The Morgan fingerprint density at radius 1 is 1.29 bits per heavy atom. The van der Waals surface area contributed by atoms with Crippen LogP contribution in [-0.4, -0.2) is 47.1 Å². The van der Waals surface area contributed by atoms with Crippen molar-refractivity contribution < 1.29 is 9.53 Å². The van der Waals surface area contributed by atoms with Crippen LogP contribution in [0.25, 0.3) is 0 Å². The van der Waals surface area contributed by atoms with Crippen molar-refractivity contribution in [3.05, 3.63) is 36.2 Å². The zero-order chi connectivity index (χ0) is 17.3. The molecule has 2 aromatic rings. The summed E-state index contributed by atoms with van der Waals surface area (Å²) in [6.07, 6.45) is 1.46. The lowest BCUT2D eigenvalue weighted by Crippen LogP contribution is -2.37. The number of carbonyl (C=O) groups is 1. The third-order valence-corrected chi connectivity index (χ3v) is 4.15. The van der Waals surface area contributed by atoms with Gasteiger partial charge in [0.15, 0.2) is 0 Å². The Morgan fingerprint density at radius 2 is 2.00 bits per heavy atom. The van der Waals surface area contributed by atoms with Crippen molar-refractivity contribution in [1.29, 1.82) is 0 Å². The van der Waals surface area contributed by atoms with Crippen LogP contribution in [0.2, 0.25) is 0 Å². The van der Waals surface area contributed by atoms with Crippen LogP contribution in [0.1, 0.15) is 25.5 Å². The highest BCUT2D eigenvalue weighted by Crippen LogP contribution is 2.36. The molecular formula is C17H21N5O2. The molecule has 2 unspecified atom stereocenters. The summed E-state index contributed by atoms with van der Waals surface area (Å²) in [5.74, 6) is -0.291. The van der Waals surface area contributed by atoms with Gasteiger partial charge in [-0.1, -0.05) is 12.1 Å². The number of nitrogens with zero attached hydrogens (tertiary/aromatic N) is 5. The number of benzene rings is 1. The number of aromatic nitrogens is 3. The number of rotatable bonds is 4. The third-order valence-electron chi connectivity index (χ3n) is 4.15. The molecule has 0 aliphatic carbocycles. The van der Waals surface area contributed by atoms with Crippen molar-refractivity contribution in [1.82, 2.24) is 14.8 Å². The van der Waals surface area contributed by atoms with Crippen molar-refractivity contribution in [2.75, 3.05) is 25.6 Å². The predicted octanol–water partition coefficient (Wildman–Crippen LogP) is 2.22. The molecule has 1 aliphatic rings. The van der Waals surface area contributed by atoms with Crippen LogP contribution in [0, 0.1) is 5.92 Å². The molecule has 24 heavy (non-hydrogen) atoms. The molecule has 0 saturated carbocycles. The van der Waals surface area contributed by atoms with Gasteiger partial charge >= 0.3 is 5.97 Å². The van der Waals surface area contributed by atoms with Gasteiger partial charge in [0.1, 0.15) is 12.2 Å². The van der Waals surface area contributed by atoms with Gasteiger partial charge in [-0.25, -0.2) is 9.67 Å². The van der Waals surface area contributed by atoms with Gasteiger partial charge < -0.3 is 9.64 Å². The number of aliphatic imine (C=N–C) groups is 1. The first kappa shape index (κ1) is 16.2. The van der Waals surface area contributed by atoms with Gasteiger partial charge in [-0.15, -0.1) is 0 Å². The Balaban J connectivity index is 2.06. The zero-order valence-corrected chi connectivity index (χ0v) is 14.3. The van der Waals surface area contributed by atoms with E-state index in [0.29, 0.717) is 18.3 Å². The van der Waals surface area contributed by atoms with Gasteiger partial charge in [0.2, 0.25) is 5.95 Å². The van der Waals surface area contributed by atoms with Crippen molar-refractivity contribution in [3.8, 4) is 0 Å². The van der Waals surface area contributed by atoms with E-state index in [-0.39, 0.29) is 12.0 Å². The second kappa shape index (κ2) is 6.43. The molecule has 1 aromatic carbocycles. The monoisotopic (exact) mass is 327 g/mol. The fraction of sp³-hybridized carbons (Fsp3) is 0.412. The Kier molecular flexibility index (Phi) is 4.33. The number of esters is 1. The van der Waals surface area contributed by atoms with Crippen LogP contribution < -0.4 is 4.90 Å². The van der Waals surface area contributed by atoms with Crippen molar-refractivity contribution >= 4 is 23.3 Å². The third kappa shape index (κ3) is 2.77. The molecule has 7 nitrogen and oxygen atoms in total. The quantitative estimate of drug-likeness (QED) is 0.805. The number of hydrogen-bond donors (Lipinski definition) is 0. The van der Waals surface area contributed by atoms with E-state index in [9.17, 15) is 4.79 Å². The first-order valence-corrected chi connectivity index (χ1v) is 7.91. The minimum atomic E-state index is -0.510. The Bertz CT molecular complexity index is 764. The summed E-state index contributed by atoms with van der Waals surface area (Å²) >= 11 is 0. The summed E-state index contributed by atoms with van der Waals surface area (Å²) in [4.78, 5) is 23.1. The molecule has 3 rings (SSSR count). The summed E-state index contributed by atoms with van der Waals surface area (Å²) in [5.41, 5.74) is 2.75. The van der Waals surface area contributed by atoms with E-state index < -0.39 is 5.92 Å². The highest BCUT2D eigenvalue weighted by atomic mass is 16.5. The average molecular weight is 327 g/mol. The molecule has 0 spiro atoms. The fourth-order valence-corrected chi connectivity index (χ4v) is 2.95. The average Bonchev–Trinajstić information content (AvgIpc) is 3.01. The smallest absolute Gasteiger partial charge is 0.317 e. The molecular weight excluding hydrogens is 306 g/mol. The van der Waals surface area contributed by atoms with E-state index >= 15 is 0 Å². The normalized spacial score (nSPS) is 19.4. The lowest BCUT2D eigenvalue weighted by molar-refractivity contribution is -0.146. The van der Waals surface area contributed by atoms with Crippen molar-refractivity contribution in [2.24, 2.45) is 10.9 Å². The largest absolute Gasteiger partial charge is 0.465 e. The second-order valence-corrected chi connectivity index (χ2v) is 5.92. The number of hydrogen-bond acceptors (Lipinski definition) is 6. The van der Waals surface area contributed by atoms with Crippen LogP contribution in [0.3, 0.4) is 0 Å². The topological polar surface area (TPSA) is 72.6 Å².